The van der Waals surface area contributed by atoms with Crippen LogP contribution in [0, 0.1) is 6.92 Å². The third-order valence-corrected chi connectivity index (χ3v) is 2.65. The van der Waals surface area contributed by atoms with Crippen molar-refractivity contribution in [2.45, 2.75) is 26.0 Å². The smallest absolute Gasteiger partial charge is 0.387 e. The molecule has 1 aliphatic heterocycles. The van der Waals surface area contributed by atoms with Crippen molar-refractivity contribution >= 4 is 0 Å². The second-order valence-corrected chi connectivity index (χ2v) is 3.70. The maximum Gasteiger partial charge on any atom is 0.387 e. The number of ether oxygens (including phenoxy) is 1. The van der Waals surface area contributed by atoms with E-state index < -0.39 is 6.61 Å². The largest absolute Gasteiger partial charge is 0.435 e. The number of rotatable bonds is 3. The van der Waals surface area contributed by atoms with Crippen molar-refractivity contribution in [1.29, 1.82) is 0 Å². The van der Waals surface area contributed by atoms with Gasteiger partial charge in [0.25, 0.3) is 0 Å². The summed E-state index contributed by atoms with van der Waals surface area (Å²) in [7, 11) is 0. The van der Waals surface area contributed by atoms with Crippen molar-refractivity contribution in [1.82, 2.24) is 5.32 Å². The molecule has 4 heteroatoms. The first-order valence-corrected chi connectivity index (χ1v) is 4.95. The Morgan fingerprint density at radius 2 is 2.20 bits per heavy atom. The first-order valence-electron chi connectivity index (χ1n) is 4.95. The van der Waals surface area contributed by atoms with Gasteiger partial charge in [0.05, 0.1) is 0 Å². The first kappa shape index (κ1) is 10.4. The van der Waals surface area contributed by atoms with Gasteiger partial charge in [0.1, 0.15) is 5.75 Å². The Morgan fingerprint density at radius 3 is 2.73 bits per heavy atom. The minimum atomic E-state index is -2.76. The molecule has 1 atom stereocenters. The van der Waals surface area contributed by atoms with Crippen LogP contribution in [0.1, 0.15) is 23.6 Å². The SMILES string of the molecule is Cc1ccc(C2CCN2)cc1OC(F)F. The zero-order chi connectivity index (χ0) is 10.8. The average molecular weight is 213 g/mol. The van der Waals surface area contributed by atoms with E-state index in [-0.39, 0.29) is 5.75 Å². The van der Waals surface area contributed by atoms with Crippen molar-refractivity contribution in [3.05, 3.63) is 29.3 Å². The summed E-state index contributed by atoms with van der Waals surface area (Å²) in [6, 6.07) is 5.75. The standard InChI is InChI=1S/C11H13F2NO/c1-7-2-3-8(9-4-5-14-9)6-10(7)15-11(12)13/h2-3,6,9,11,14H,4-5H2,1H3. The molecule has 2 nitrogen and oxygen atoms in total. The van der Waals surface area contributed by atoms with E-state index in [1.165, 1.54) is 0 Å². The number of aryl methyl sites for hydroxylation is 1. The fourth-order valence-corrected chi connectivity index (χ4v) is 1.63. The summed E-state index contributed by atoms with van der Waals surface area (Å²) in [6.45, 7) is -0.00692. The number of hydrogen-bond donors (Lipinski definition) is 1. The summed E-state index contributed by atoms with van der Waals surface area (Å²) < 4.78 is 28.6. The normalized spacial score (nSPS) is 20.1. The van der Waals surface area contributed by atoms with E-state index in [1.807, 2.05) is 12.1 Å². The van der Waals surface area contributed by atoms with Crippen molar-refractivity contribution in [3.63, 3.8) is 0 Å². The lowest BCUT2D eigenvalue weighted by Crippen LogP contribution is -2.34. The molecule has 0 radical (unpaired) electrons. The molecular weight excluding hydrogens is 200 g/mol. The third-order valence-electron chi connectivity index (χ3n) is 2.65. The minimum absolute atomic E-state index is 0.274. The summed E-state index contributed by atoms with van der Waals surface area (Å²) in [5.41, 5.74) is 1.75. The fraction of sp³-hybridized carbons (Fsp3) is 0.455. The topological polar surface area (TPSA) is 21.3 Å². The second-order valence-electron chi connectivity index (χ2n) is 3.70. The second kappa shape index (κ2) is 4.14. The van der Waals surface area contributed by atoms with Crippen LogP contribution in [0.5, 0.6) is 5.75 Å². The van der Waals surface area contributed by atoms with Gasteiger partial charge >= 0.3 is 6.61 Å². The van der Waals surface area contributed by atoms with Crippen LogP contribution in [0.3, 0.4) is 0 Å². The van der Waals surface area contributed by atoms with Gasteiger partial charge in [0.2, 0.25) is 0 Å². The Labute approximate surface area is 87.2 Å². The highest BCUT2D eigenvalue weighted by Crippen LogP contribution is 2.28. The molecule has 0 saturated carbocycles. The van der Waals surface area contributed by atoms with Gasteiger partial charge in [-0.05, 0) is 37.1 Å². The molecule has 1 aromatic rings. The zero-order valence-electron chi connectivity index (χ0n) is 8.47. The van der Waals surface area contributed by atoms with Gasteiger partial charge in [0, 0.05) is 6.04 Å². The molecule has 1 aromatic carbocycles. The minimum Gasteiger partial charge on any atom is -0.435 e. The van der Waals surface area contributed by atoms with Gasteiger partial charge in [-0.25, -0.2) is 0 Å². The van der Waals surface area contributed by atoms with E-state index in [4.69, 9.17) is 0 Å². The van der Waals surface area contributed by atoms with E-state index in [0.29, 0.717) is 6.04 Å². The van der Waals surface area contributed by atoms with Crippen molar-refractivity contribution < 1.29 is 13.5 Å². The zero-order valence-corrected chi connectivity index (χ0v) is 8.47. The molecule has 1 heterocycles. The molecule has 2 rings (SSSR count). The lowest BCUT2D eigenvalue weighted by molar-refractivity contribution is -0.0503. The number of hydrogen-bond acceptors (Lipinski definition) is 2. The van der Waals surface area contributed by atoms with E-state index in [2.05, 4.69) is 10.1 Å². The van der Waals surface area contributed by atoms with Gasteiger partial charge in [0.15, 0.2) is 0 Å². The lowest BCUT2D eigenvalue weighted by Gasteiger charge is -2.28. The van der Waals surface area contributed by atoms with Gasteiger partial charge in [-0.15, -0.1) is 0 Å². The lowest BCUT2D eigenvalue weighted by atomic mass is 9.97. The molecule has 0 bridgehead atoms. The predicted molar refractivity (Wildman–Crippen MR) is 53.2 cm³/mol. The van der Waals surface area contributed by atoms with Crippen molar-refractivity contribution in [3.8, 4) is 5.75 Å². The van der Waals surface area contributed by atoms with Crippen LogP contribution in [0.15, 0.2) is 18.2 Å². The molecule has 0 aliphatic carbocycles. The van der Waals surface area contributed by atoms with Crippen molar-refractivity contribution in [2.24, 2.45) is 0 Å². The molecule has 1 N–H and O–H groups in total. The van der Waals surface area contributed by atoms with Crippen LogP contribution in [0.4, 0.5) is 8.78 Å². The molecular formula is C11H13F2NO. The highest BCUT2D eigenvalue weighted by Gasteiger charge is 2.19. The van der Waals surface area contributed by atoms with Gasteiger partial charge in [-0.3, -0.25) is 0 Å². The monoisotopic (exact) mass is 213 g/mol. The number of nitrogens with one attached hydrogen (secondary N) is 1. The van der Waals surface area contributed by atoms with Gasteiger partial charge in [-0.1, -0.05) is 12.1 Å². The van der Waals surface area contributed by atoms with Crippen molar-refractivity contribution in [2.75, 3.05) is 6.54 Å². The average Bonchev–Trinajstić information content (AvgIpc) is 2.07. The summed E-state index contributed by atoms with van der Waals surface area (Å²) in [4.78, 5) is 0. The maximum absolute atomic E-state index is 12.1. The Balaban J connectivity index is 2.19. The molecule has 0 amide bonds. The highest BCUT2D eigenvalue weighted by atomic mass is 19.3. The Morgan fingerprint density at radius 1 is 1.47 bits per heavy atom. The van der Waals surface area contributed by atoms with Crippen LogP contribution in [-0.4, -0.2) is 13.2 Å². The van der Waals surface area contributed by atoms with Gasteiger partial charge < -0.3 is 10.1 Å². The maximum atomic E-state index is 12.1. The molecule has 0 aromatic heterocycles. The van der Waals surface area contributed by atoms with Crippen LogP contribution in [0.25, 0.3) is 0 Å². The van der Waals surface area contributed by atoms with Crippen LogP contribution in [0.2, 0.25) is 0 Å². The molecule has 15 heavy (non-hydrogen) atoms. The van der Waals surface area contributed by atoms with Gasteiger partial charge in [-0.2, -0.15) is 8.78 Å². The number of benzene rings is 1. The third kappa shape index (κ3) is 2.26. The highest BCUT2D eigenvalue weighted by molar-refractivity contribution is 5.38. The summed E-state index contributed by atoms with van der Waals surface area (Å²) in [5.74, 6) is 0.274. The summed E-state index contributed by atoms with van der Waals surface area (Å²) >= 11 is 0. The van der Waals surface area contributed by atoms with Crippen LogP contribution >= 0.6 is 0 Å². The van der Waals surface area contributed by atoms with Crippen LogP contribution < -0.4 is 10.1 Å². The first-order chi connectivity index (χ1) is 7.16. The van der Waals surface area contributed by atoms with Crippen LogP contribution in [-0.2, 0) is 0 Å². The van der Waals surface area contributed by atoms with E-state index >= 15 is 0 Å². The van der Waals surface area contributed by atoms with E-state index in [1.54, 1.807) is 13.0 Å². The fourth-order valence-electron chi connectivity index (χ4n) is 1.63. The number of halogens is 2. The quantitative estimate of drug-likeness (QED) is 0.833. The molecule has 82 valence electrons. The molecule has 1 fully saturated rings. The summed E-state index contributed by atoms with van der Waals surface area (Å²) in [6.07, 6.45) is 1.05. The predicted octanol–water partition coefficient (Wildman–Crippen LogP) is 2.63. The Hall–Kier alpha value is -1.16. The summed E-state index contributed by atoms with van der Waals surface area (Å²) in [5, 5.41) is 3.22. The molecule has 1 saturated heterocycles. The van der Waals surface area contributed by atoms with E-state index in [0.717, 1.165) is 24.1 Å². The Bertz CT molecular complexity index is 350. The molecule has 1 aliphatic rings. The number of alkyl halides is 2. The Kier molecular flexibility index (Phi) is 2.86. The van der Waals surface area contributed by atoms with E-state index in [9.17, 15) is 8.78 Å². The molecule has 0 spiro atoms. The molecule has 1 unspecified atom stereocenters.